The van der Waals surface area contributed by atoms with Crippen LogP contribution in [0.15, 0.2) is 24.3 Å². The van der Waals surface area contributed by atoms with Crippen LogP contribution in [0.1, 0.15) is 37.8 Å². The average molecular weight is 276 g/mol. The van der Waals surface area contributed by atoms with E-state index in [9.17, 15) is 9.59 Å². The second-order valence-corrected chi connectivity index (χ2v) is 5.51. The van der Waals surface area contributed by atoms with Gasteiger partial charge in [0.2, 0.25) is 11.8 Å². The van der Waals surface area contributed by atoms with Crippen LogP contribution in [-0.4, -0.2) is 18.4 Å². The highest BCUT2D eigenvalue weighted by Gasteiger charge is 2.04. The largest absolute Gasteiger partial charge is 0.370 e. The summed E-state index contributed by atoms with van der Waals surface area (Å²) in [7, 11) is 0. The van der Waals surface area contributed by atoms with Gasteiger partial charge in [-0.1, -0.05) is 38.1 Å². The van der Waals surface area contributed by atoms with Crippen LogP contribution in [0.3, 0.4) is 0 Å². The van der Waals surface area contributed by atoms with Crippen LogP contribution in [-0.2, 0) is 22.4 Å². The third-order valence-electron chi connectivity index (χ3n) is 2.95. The summed E-state index contributed by atoms with van der Waals surface area (Å²) in [5.41, 5.74) is 7.33. The van der Waals surface area contributed by atoms with Crippen molar-refractivity contribution in [2.75, 3.05) is 6.54 Å². The molecule has 0 unspecified atom stereocenters. The Balaban J connectivity index is 2.32. The molecule has 20 heavy (non-hydrogen) atoms. The Labute approximate surface area is 120 Å². The van der Waals surface area contributed by atoms with Gasteiger partial charge < -0.3 is 11.1 Å². The first-order valence-electron chi connectivity index (χ1n) is 7.10. The maximum atomic E-state index is 11.7. The van der Waals surface area contributed by atoms with Crippen LogP contribution < -0.4 is 11.1 Å². The van der Waals surface area contributed by atoms with Crippen molar-refractivity contribution < 1.29 is 9.59 Å². The van der Waals surface area contributed by atoms with Crippen molar-refractivity contribution in [1.29, 1.82) is 0 Å². The normalized spacial score (nSPS) is 10.6. The number of hydrogen-bond donors (Lipinski definition) is 2. The lowest BCUT2D eigenvalue weighted by atomic mass is 10.0. The minimum atomic E-state index is -0.333. The highest BCUT2D eigenvalue weighted by atomic mass is 16.2. The fraction of sp³-hybridized carbons (Fsp3) is 0.500. The molecular formula is C16H24N2O2. The van der Waals surface area contributed by atoms with E-state index in [2.05, 4.69) is 31.3 Å². The predicted octanol–water partition coefficient (Wildman–Crippen LogP) is 1.81. The molecule has 1 aromatic carbocycles. The van der Waals surface area contributed by atoms with E-state index in [1.54, 1.807) is 0 Å². The Morgan fingerprint density at radius 2 is 1.75 bits per heavy atom. The summed E-state index contributed by atoms with van der Waals surface area (Å²) < 4.78 is 0. The summed E-state index contributed by atoms with van der Waals surface area (Å²) in [6.07, 6.45) is 2.33. The van der Waals surface area contributed by atoms with Gasteiger partial charge in [-0.05, 0) is 29.9 Å². The maximum absolute atomic E-state index is 11.7. The SMILES string of the molecule is CC(C)Cc1ccc(CC(=O)NCCCC(N)=O)cc1. The van der Waals surface area contributed by atoms with Crippen LogP contribution in [0.4, 0.5) is 0 Å². The van der Waals surface area contributed by atoms with Gasteiger partial charge in [0.15, 0.2) is 0 Å². The van der Waals surface area contributed by atoms with Crippen LogP contribution in [0.2, 0.25) is 0 Å². The number of amides is 2. The summed E-state index contributed by atoms with van der Waals surface area (Å²) in [5.74, 6) is 0.278. The smallest absolute Gasteiger partial charge is 0.224 e. The molecule has 0 saturated heterocycles. The number of nitrogens with two attached hydrogens (primary N) is 1. The predicted molar refractivity (Wildman–Crippen MR) is 80.1 cm³/mol. The molecular weight excluding hydrogens is 252 g/mol. The number of rotatable bonds is 8. The Morgan fingerprint density at radius 3 is 2.30 bits per heavy atom. The molecule has 0 radical (unpaired) electrons. The molecule has 3 N–H and O–H groups in total. The molecule has 2 amide bonds. The molecule has 0 saturated carbocycles. The van der Waals surface area contributed by atoms with Gasteiger partial charge in [0, 0.05) is 13.0 Å². The molecule has 0 aromatic heterocycles. The van der Waals surface area contributed by atoms with Gasteiger partial charge in [0.05, 0.1) is 6.42 Å². The number of nitrogens with one attached hydrogen (secondary N) is 1. The van der Waals surface area contributed by atoms with Gasteiger partial charge in [-0.3, -0.25) is 9.59 Å². The Kier molecular flexibility index (Phi) is 6.77. The summed E-state index contributed by atoms with van der Waals surface area (Å²) in [5, 5.41) is 2.79. The van der Waals surface area contributed by atoms with E-state index in [1.807, 2.05) is 12.1 Å². The van der Waals surface area contributed by atoms with Crippen molar-refractivity contribution in [3.05, 3.63) is 35.4 Å². The van der Waals surface area contributed by atoms with E-state index in [4.69, 9.17) is 5.73 Å². The Morgan fingerprint density at radius 1 is 1.15 bits per heavy atom. The summed E-state index contributed by atoms with van der Waals surface area (Å²) in [6.45, 7) is 4.87. The highest BCUT2D eigenvalue weighted by molar-refractivity contribution is 5.78. The minimum absolute atomic E-state index is 0.0221. The molecule has 4 heteroatoms. The monoisotopic (exact) mass is 276 g/mol. The number of benzene rings is 1. The number of hydrogen-bond acceptors (Lipinski definition) is 2. The van der Waals surface area contributed by atoms with E-state index in [0.717, 1.165) is 12.0 Å². The lowest BCUT2D eigenvalue weighted by molar-refractivity contribution is -0.121. The topological polar surface area (TPSA) is 72.2 Å². The molecule has 0 bridgehead atoms. The highest BCUT2D eigenvalue weighted by Crippen LogP contribution is 2.10. The molecule has 0 spiro atoms. The van der Waals surface area contributed by atoms with Crippen molar-refractivity contribution in [2.45, 2.75) is 39.5 Å². The number of primary amides is 1. The van der Waals surface area contributed by atoms with Gasteiger partial charge in [-0.2, -0.15) is 0 Å². The zero-order valence-electron chi connectivity index (χ0n) is 12.3. The van der Waals surface area contributed by atoms with E-state index >= 15 is 0 Å². The molecule has 0 aliphatic rings. The minimum Gasteiger partial charge on any atom is -0.370 e. The first-order valence-corrected chi connectivity index (χ1v) is 7.10. The second-order valence-electron chi connectivity index (χ2n) is 5.51. The zero-order valence-corrected chi connectivity index (χ0v) is 12.3. The molecule has 0 aliphatic carbocycles. The summed E-state index contributed by atoms with van der Waals surface area (Å²) in [4.78, 5) is 22.2. The van der Waals surface area contributed by atoms with Crippen molar-refractivity contribution in [3.8, 4) is 0 Å². The quantitative estimate of drug-likeness (QED) is 0.711. The number of carbonyl (C=O) groups excluding carboxylic acids is 2. The molecule has 0 heterocycles. The first-order chi connectivity index (χ1) is 9.47. The van der Waals surface area contributed by atoms with Gasteiger partial charge >= 0.3 is 0 Å². The van der Waals surface area contributed by atoms with Crippen molar-refractivity contribution >= 4 is 11.8 Å². The zero-order chi connectivity index (χ0) is 15.0. The fourth-order valence-corrected chi connectivity index (χ4v) is 2.00. The van der Waals surface area contributed by atoms with E-state index in [-0.39, 0.29) is 11.8 Å². The summed E-state index contributed by atoms with van der Waals surface area (Å²) >= 11 is 0. The van der Waals surface area contributed by atoms with Crippen LogP contribution in [0.5, 0.6) is 0 Å². The second kappa shape index (κ2) is 8.35. The van der Waals surface area contributed by atoms with Crippen molar-refractivity contribution in [1.82, 2.24) is 5.32 Å². The third kappa shape index (κ3) is 6.92. The summed E-state index contributed by atoms with van der Waals surface area (Å²) in [6, 6.07) is 8.16. The van der Waals surface area contributed by atoms with E-state index < -0.39 is 0 Å². The third-order valence-corrected chi connectivity index (χ3v) is 2.95. The first kappa shape index (κ1) is 16.2. The van der Waals surface area contributed by atoms with Crippen molar-refractivity contribution in [3.63, 3.8) is 0 Å². The van der Waals surface area contributed by atoms with Crippen LogP contribution in [0.25, 0.3) is 0 Å². The van der Waals surface area contributed by atoms with E-state index in [1.165, 1.54) is 5.56 Å². The fourth-order valence-electron chi connectivity index (χ4n) is 2.00. The Bertz CT molecular complexity index is 438. The Hall–Kier alpha value is -1.84. The maximum Gasteiger partial charge on any atom is 0.224 e. The van der Waals surface area contributed by atoms with Crippen LogP contribution >= 0.6 is 0 Å². The molecule has 0 atom stereocenters. The molecule has 0 aliphatic heterocycles. The van der Waals surface area contributed by atoms with Crippen molar-refractivity contribution in [2.24, 2.45) is 11.7 Å². The lowest BCUT2D eigenvalue weighted by Gasteiger charge is -2.07. The molecule has 1 aromatic rings. The lowest BCUT2D eigenvalue weighted by Crippen LogP contribution is -2.27. The van der Waals surface area contributed by atoms with Gasteiger partial charge in [0.25, 0.3) is 0 Å². The van der Waals surface area contributed by atoms with Gasteiger partial charge in [-0.15, -0.1) is 0 Å². The van der Waals surface area contributed by atoms with Gasteiger partial charge in [-0.25, -0.2) is 0 Å². The molecule has 4 nitrogen and oxygen atoms in total. The number of carbonyl (C=O) groups is 2. The molecule has 110 valence electrons. The van der Waals surface area contributed by atoms with E-state index in [0.29, 0.717) is 31.7 Å². The molecule has 1 rings (SSSR count). The molecule has 0 fully saturated rings. The van der Waals surface area contributed by atoms with Gasteiger partial charge in [0.1, 0.15) is 0 Å². The van der Waals surface area contributed by atoms with Crippen LogP contribution in [0, 0.1) is 5.92 Å². The average Bonchev–Trinajstić information content (AvgIpc) is 2.36. The standard InChI is InChI=1S/C16H24N2O2/c1-12(2)10-13-5-7-14(8-6-13)11-16(20)18-9-3-4-15(17)19/h5-8,12H,3-4,9-11H2,1-2H3,(H2,17,19)(H,18,20).